The molecule has 0 aliphatic heterocycles. The van der Waals surface area contributed by atoms with Gasteiger partial charge in [-0.3, -0.25) is 9.59 Å². The van der Waals surface area contributed by atoms with Crippen LogP contribution < -0.4 is 0 Å². The summed E-state index contributed by atoms with van der Waals surface area (Å²) in [5, 5.41) is 8.36. The molecule has 0 saturated carbocycles. The number of carbonyl (C=O) groups is 2. The second kappa shape index (κ2) is 7.87. The molecule has 0 rings (SSSR count). The molecule has 5 nitrogen and oxygen atoms in total. The summed E-state index contributed by atoms with van der Waals surface area (Å²) in [6.45, 7) is 3.94. The molecule has 5 heteroatoms. The van der Waals surface area contributed by atoms with E-state index in [1.807, 2.05) is 19.9 Å². The molecule has 1 N–H and O–H groups in total. The molecule has 0 aliphatic rings. The van der Waals surface area contributed by atoms with E-state index in [2.05, 4.69) is 0 Å². The van der Waals surface area contributed by atoms with Gasteiger partial charge in [0.15, 0.2) is 0 Å². The molecule has 1 atom stereocenters. The SMILES string of the molecule is COC(C=C(C)C)COC(=O)CCC(=O)O. The highest BCUT2D eigenvalue weighted by Crippen LogP contribution is 2.01. The molecule has 0 heterocycles. The minimum atomic E-state index is -1.01. The first-order valence-electron chi connectivity index (χ1n) is 5.01. The second-order valence-corrected chi connectivity index (χ2v) is 3.59. The minimum absolute atomic E-state index is 0.111. The Bertz CT molecular complexity index is 266. The standard InChI is InChI=1S/C11H18O5/c1-8(2)6-9(15-3)7-16-11(14)5-4-10(12)13/h6,9H,4-5,7H2,1-3H3,(H,12,13). The third kappa shape index (κ3) is 7.99. The van der Waals surface area contributed by atoms with Gasteiger partial charge in [0.25, 0.3) is 0 Å². The maximum atomic E-state index is 11.1. The molecule has 0 amide bonds. The third-order valence-corrected chi connectivity index (χ3v) is 1.77. The van der Waals surface area contributed by atoms with Crippen molar-refractivity contribution in [1.29, 1.82) is 0 Å². The molecular formula is C11H18O5. The summed E-state index contributed by atoms with van der Waals surface area (Å²) in [6, 6.07) is 0. The van der Waals surface area contributed by atoms with Crippen molar-refractivity contribution in [3.8, 4) is 0 Å². The zero-order valence-electron chi connectivity index (χ0n) is 9.86. The molecule has 0 bridgehead atoms. The van der Waals surface area contributed by atoms with Crippen LogP contribution in [0.15, 0.2) is 11.6 Å². The highest BCUT2D eigenvalue weighted by molar-refractivity contribution is 5.76. The maximum Gasteiger partial charge on any atom is 0.306 e. The Morgan fingerprint density at radius 3 is 2.38 bits per heavy atom. The van der Waals surface area contributed by atoms with Gasteiger partial charge >= 0.3 is 11.9 Å². The van der Waals surface area contributed by atoms with Crippen molar-refractivity contribution in [3.63, 3.8) is 0 Å². The first-order valence-corrected chi connectivity index (χ1v) is 5.01. The van der Waals surface area contributed by atoms with Crippen LogP contribution in [0.1, 0.15) is 26.7 Å². The lowest BCUT2D eigenvalue weighted by Crippen LogP contribution is -2.19. The number of carboxylic acid groups (broad SMARTS) is 1. The molecule has 0 aliphatic carbocycles. The monoisotopic (exact) mass is 230 g/mol. The lowest BCUT2D eigenvalue weighted by atomic mass is 10.2. The van der Waals surface area contributed by atoms with Crippen LogP contribution in [0.25, 0.3) is 0 Å². The van der Waals surface area contributed by atoms with Gasteiger partial charge in [0, 0.05) is 7.11 Å². The van der Waals surface area contributed by atoms with Crippen LogP contribution in [-0.2, 0) is 19.1 Å². The average Bonchev–Trinajstić information content (AvgIpc) is 2.20. The van der Waals surface area contributed by atoms with Crippen molar-refractivity contribution in [2.75, 3.05) is 13.7 Å². The van der Waals surface area contributed by atoms with Gasteiger partial charge in [-0.2, -0.15) is 0 Å². The molecule has 0 saturated heterocycles. The van der Waals surface area contributed by atoms with Gasteiger partial charge in [0.2, 0.25) is 0 Å². The van der Waals surface area contributed by atoms with Gasteiger partial charge in [0.05, 0.1) is 12.8 Å². The fourth-order valence-electron chi connectivity index (χ4n) is 1.01. The minimum Gasteiger partial charge on any atom is -0.481 e. The zero-order chi connectivity index (χ0) is 12.6. The van der Waals surface area contributed by atoms with Gasteiger partial charge in [-0.25, -0.2) is 0 Å². The zero-order valence-corrected chi connectivity index (χ0v) is 9.86. The van der Waals surface area contributed by atoms with E-state index in [9.17, 15) is 9.59 Å². The Hall–Kier alpha value is -1.36. The quantitative estimate of drug-likeness (QED) is 0.528. The number of ether oxygens (including phenoxy) is 2. The van der Waals surface area contributed by atoms with Crippen LogP contribution in [0.3, 0.4) is 0 Å². The lowest BCUT2D eigenvalue weighted by Gasteiger charge is -2.12. The number of methoxy groups -OCH3 is 1. The molecule has 16 heavy (non-hydrogen) atoms. The van der Waals surface area contributed by atoms with Crippen LogP contribution in [0.4, 0.5) is 0 Å². The number of hydrogen-bond donors (Lipinski definition) is 1. The Kier molecular flexibility index (Phi) is 7.20. The number of allylic oxidation sites excluding steroid dienone is 1. The van der Waals surface area contributed by atoms with E-state index in [4.69, 9.17) is 14.6 Å². The van der Waals surface area contributed by atoms with E-state index in [0.29, 0.717) is 0 Å². The molecule has 0 fully saturated rings. The smallest absolute Gasteiger partial charge is 0.306 e. The van der Waals surface area contributed by atoms with E-state index in [1.165, 1.54) is 7.11 Å². The summed E-state index contributed by atoms with van der Waals surface area (Å²) in [5.41, 5.74) is 1.06. The summed E-state index contributed by atoms with van der Waals surface area (Å²) in [6.07, 6.45) is 1.24. The van der Waals surface area contributed by atoms with Crippen LogP contribution in [0.5, 0.6) is 0 Å². The largest absolute Gasteiger partial charge is 0.481 e. The van der Waals surface area contributed by atoms with Crippen LogP contribution >= 0.6 is 0 Å². The third-order valence-electron chi connectivity index (χ3n) is 1.77. The summed E-state index contributed by atoms with van der Waals surface area (Å²) in [5.74, 6) is -1.53. The molecule has 0 aromatic heterocycles. The summed E-state index contributed by atoms with van der Waals surface area (Å²) >= 11 is 0. The highest BCUT2D eigenvalue weighted by atomic mass is 16.6. The van der Waals surface area contributed by atoms with Gasteiger partial charge < -0.3 is 14.6 Å². The van der Waals surface area contributed by atoms with Crippen LogP contribution in [-0.4, -0.2) is 36.9 Å². The lowest BCUT2D eigenvalue weighted by molar-refractivity contribution is -0.149. The average molecular weight is 230 g/mol. The number of carbonyl (C=O) groups excluding carboxylic acids is 1. The van der Waals surface area contributed by atoms with Crippen LogP contribution in [0, 0.1) is 0 Å². The Labute approximate surface area is 95.0 Å². The predicted octanol–water partition coefficient (Wildman–Crippen LogP) is 1.38. The first kappa shape index (κ1) is 14.6. The topological polar surface area (TPSA) is 72.8 Å². The van der Waals surface area contributed by atoms with Crippen molar-refractivity contribution < 1.29 is 24.2 Å². The number of hydrogen-bond acceptors (Lipinski definition) is 4. The number of esters is 1. The fourth-order valence-corrected chi connectivity index (χ4v) is 1.01. The van der Waals surface area contributed by atoms with Crippen LogP contribution in [0.2, 0.25) is 0 Å². The van der Waals surface area contributed by atoms with Gasteiger partial charge in [0.1, 0.15) is 12.7 Å². The fraction of sp³-hybridized carbons (Fsp3) is 0.636. The molecule has 0 radical (unpaired) electrons. The molecular weight excluding hydrogens is 212 g/mol. The predicted molar refractivity (Wildman–Crippen MR) is 58.1 cm³/mol. The van der Waals surface area contributed by atoms with Crippen molar-refractivity contribution in [1.82, 2.24) is 0 Å². The second-order valence-electron chi connectivity index (χ2n) is 3.59. The molecule has 92 valence electrons. The van der Waals surface area contributed by atoms with Crippen molar-refractivity contribution >= 4 is 11.9 Å². The molecule has 0 spiro atoms. The molecule has 0 aromatic carbocycles. The maximum absolute atomic E-state index is 11.1. The van der Waals surface area contributed by atoms with E-state index in [1.54, 1.807) is 0 Å². The van der Waals surface area contributed by atoms with Crippen molar-refractivity contribution in [2.45, 2.75) is 32.8 Å². The van der Waals surface area contributed by atoms with E-state index in [0.717, 1.165) is 5.57 Å². The van der Waals surface area contributed by atoms with E-state index in [-0.39, 0.29) is 25.6 Å². The van der Waals surface area contributed by atoms with Gasteiger partial charge in [-0.05, 0) is 13.8 Å². The Balaban J connectivity index is 3.88. The van der Waals surface area contributed by atoms with E-state index >= 15 is 0 Å². The summed E-state index contributed by atoms with van der Waals surface area (Å²) in [7, 11) is 1.52. The highest BCUT2D eigenvalue weighted by Gasteiger charge is 2.10. The van der Waals surface area contributed by atoms with Gasteiger partial charge in [-0.15, -0.1) is 0 Å². The first-order chi connectivity index (χ1) is 7.45. The van der Waals surface area contributed by atoms with E-state index < -0.39 is 11.9 Å². The Morgan fingerprint density at radius 2 is 1.94 bits per heavy atom. The van der Waals surface area contributed by atoms with Gasteiger partial charge in [-0.1, -0.05) is 11.6 Å². The number of carboxylic acids is 1. The number of rotatable bonds is 7. The Morgan fingerprint density at radius 1 is 1.31 bits per heavy atom. The molecule has 0 aromatic rings. The number of aliphatic carboxylic acids is 1. The normalized spacial score (nSPS) is 11.7. The van der Waals surface area contributed by atoms with Crippen molar-refractivity contribution in [3.05, 3.63) is 11.6 Å². The summed E-state index contributed by atoms with van der Waals surface area (Å²) < 4.78 is 9.94. The van der Waals surface area contributed by atoms with Crippen molar-refractivity contribution in [2.24, 2.45) is 0 Å². The summed E-state index contributed by atoms with van der Waals surface area (Å²) in [4.78, 5) is 21.3. The molecule has 1 unspecified atom stereocenters.